The van der Waals surface area contributed by atoms with Crippen molar-refractivity contribution >= 4 is 0 Å². The molecule has 0 spiro atoms. The third-order valence-corrected chi connectivity index (χ3v) is 4.56. The van der Waals surface area contributed by atoms with Crippen LogP contribution in [0.1, 0.15) is 56.6 Å². The van der Waals surface area contributed by atoms with E-state index in [1.54, 1.807) is 7.11 Å². The Bertz CT molecular complexity index is 368. The Hall–Kier alpha value is -0.860. The van der Waals surface area contributed by atoms with Crippen LogP contribution < -0.4 is 5.32 Å². The van der Waals surface area contributed by atoms with Crippen molar-refractivity contribution in [1.82, 2.24) is 5.32 Å². The predicted octanol–water partition coefficient (Wildman–Crippen LogP) is 4.28. The van der Waals surface area contributed by atoms with Crippen LogP contribution in [0.4, 0.5) is 0 Å². The highest BCUT2D eigenvalue weighted by Crippen LogP contribution is 2.27. The lowest BCUT2D eigenvalue weighted by molar-refractivity contribution is 0.185. The fourth-order valence-corrected chi connectivity index (χ4v) is 3.35. The smallest absolute Gasteiger partial charge is 0.0713 e. The Kier molecular flexibility index (Phi) is 6.55. The molecule has 0 aromatic heterocycles. The molecule has 0 heterocycles. The zero-order valence-corrected chi connectivity index (χ0v) is 13.0. The molecule has 1 aromatic rings. The number of ether oxygens (including phenoxy) is 1. The molecule has 1 saturated carbocycles. The molecule has 1 aliphatic carbocycles. The Balaban J connectivity index is 1.82. The van der Waals surface area contributed by atoms with Gasteiger partial charge in [-0.1, -0.05) is 50.5 Å². The van der Waals surface area contributed by atoms with Crippen molar-refractivity contribution in [3.05, 3.63) is 35.4 Å². The number of rotatable bonds is 7. The van der Waals surface area contributed by atoms with Gasteiger partial charge in [0.2, 0.25) is 0 Å². The number of hydrogen-bond donors (Lipinski definition) is 1. The van der Waals surface area contributed by atoms with Gasteiger partial charge in [-0.3, -0.25) is 0 Å². The van der Waals surface area contributed by atoms with Crippen LogP contribution in [0.2, 0.25) is 0 Å². The Morgan fingerprint density at radius 1 is 1.10 bits per heavy atom. The minimum atomic E-state index is 0.689. The molecule has 0 bridgehead atoms. The molecule has 0 aliphatic heterocycles. The molecule has 112 valence electrons. The van der Waals surface area contributed by atoms with Gasteiger partial charge in [0.1, 0.15) is 0 Å². The van der Waals surface area contributed by atoms with Crippen molar-refractivity contribution in [3.8, 4) is 0 Å². The maximum absolute atomic E-state index is 5.15. The van der Waals surface area contributed by atoms with E-state index in [2.05, 4.69) is 36.5 Å². The van der Waals surface area contributed by atoms with E-state index in [0.717, 1.165) is 12.5 Å². The van der Waals surface area contributed by atoms with Gasteiger partial charge in [0, 0.05) is 19.7 Å². The minimum Gasteiger partial charge on any atom is -0.380 e. The van der Waals surface area contributed by atoms with Crippen LogP contribution >= 0.6 is 0 Å². The van der Waals surface area contributed by atoms with Gasteiger partial charge in [0.15, 0.2) is 0 Å². The number of nitrogens with one attached hydrogen (secondary N) is 1. The standard InChI is InChI=1S/C18H29NO/c1-3-18(17-7-5-4-6-8-17)19-13-15-9-11-16(12-10-15)14-20-2/h9-12,17-19H,3-8,13-14H2,1-2H3. The average Bonchev–Trinajstić information content (AvgIpc) is 2.51. The third kappa shape index (κ3) is 4.60. The van der Waals surface area contributed by atoms with E-state index in [0.29, 0.717) is 12.6 Å². The maximum atomic E-state index is 5.15. The number of hydrogen-bond acceptors (Lipinski definition) is 2. The summed E-state index contributed by atoms with van der Waals surface area (Å²) in [7, 11) is 1.74. The van der Waals surface area contributed by atoms with E-state index >= 15 is 0 Å². The molecule has 1 aliphatic rings. The zero-order chi connectivity index (χ0) is 14.2. The fourth-order valence-electron chi connectivity index (χ4n) is 3.35. The first-order valence-electron chi connectivity index (χ1n) is 8.13. The highest BCUT2D eigenvalue weighted by atomic mass is 16.5. The molecular weight excluding hydrogens is 246 g/mol. The highest BCUT2D eigenvalue weighted by molar-refractivity contribution is 5.22. The summed E-state index contributed by atoms with van der Waals surface area (Å²) in [5.41, 5.74) is 2.62. The number of methoxy groups -OCH3 is 1. The van der Waals surface area contributed by atoms with Crippen LogP contribution in [-0.4, -0.2) is 13.2 Å². The summed E-state index contributed by atoms with van der Waals surface area (Å²) in [5, 5.41) is 3.78. The van der Waals surface area contributed by atoms with Gasteiger partial charge in [-0.2, -0.15) is 0 Å². The summed E-state index contributed by atoms with van der Waals surface area (Å²) in [4.78, 5) is 0. The first-order chi connectivity index (χ1) is 9.83. The molecule has 1 aromatic carbocycles. The lowest BCUT2D eigenvalue weighted by Crippen LogP contribution is -2.36. The van der Waals surface area contributed by atoms with E-state index in [1.165, 1.54) is 49.7 Å². The Labute approximate surface area is 123 Å². The summed E-state index contributed by atoms with van der Waals surface area (Å²) in [6.45, 7) is 4.00. The largest absolute Gasteiger partial charge is 0.380 e. The van der Waals surface area contributed by atoms with Crippen LogP contribution in [-0.2, 0) is 17.9 Å². The normalized spacial score (nSPS) is 18.1. The van der Waals surface area contributed by atoms with Gasteiger partial charge in [0.05, 0.1) is 6.61 Å². The SMILES string of the molecule is CCC(NCc1ccc(COC)cc1)C1CCCCC1. The van der Waals surface area contributed by atoms with Crippen molar-refractivity contribution in [2.45, 2.75) is 64.6 Å². The Morgan fingerprint density at radius 3 is 2.35 bits per heavy atom. The summed E-state index contributed by atoms with van der Waals surface area (Å²) in [5.74, 6) is 0.890. The topological polar surface area (TPSA) is 21.3 Å². The number of benzene rings is 1. The van der Waals surface area contributed by atoms with E-state index in [-0.39, 0.29) is 0 Å². The molecule has 0 radical (unpaired) electrons. The van der Waals surface area contributed by atoms with Crippen LogP contribution in [0.15, 0.2) is 24.3 Å². The van der Waals surface area contributed by atoms with Crippen LogP contribution in [0, 0.1) is 5.92 Å². The van der Waals surface area contributed by atoms with Crippen LogP contribution in [0.5, 0.6) is 0 Å². The maximum Gasteiger partial charge on any atom is 0.0713 e. The van der Waals surface area contributed by atoms with Gasteiger partial charge >= 0.3 is 0 Å². The average molecular weight is 275 g/mol. The second-order valence-electron chi connectivity index (χ2n) is 6.04. The van der Waals surface area contributed by atoms with Crippen molar-refractivity contribution in [2.75, 3.05) is 7.11 Å². The van der Waals surface area contributed by atoms with Gasteiger partial charge in [0.25, 0.3) is 0 Å². The van der Waals surface area contributed by atoms with Crippen molar-refractivity contribution in [2.24, 2.45) is 5.92 Å². The van der Waals surface area contributed by atoms with Crippen molar-refractivity contribution in [1.29, 1.82) is 0 Å². The van der Waals surface area contributed by atoms with Gasteiger partial charge < -0.3 is 10.1 Å². The van der Waals surface area contributed by atoms with E-state index < -0.39 is 0 Å². The van der Waals surface area contributed by atoms with Gasteiger partial charge in [-0.05, 0) is 36.3 Å². The van der Waals surface area contributed by atoms with E-state index in [1.807, 2.05) is 0 Å². The Morgan fingerprint density at radius 2 is 1.75 bits per heavy atom. The molecule has 2 rings (SSSR count). The van der Waals surface area contributed by atoms with Crippen LogP contribution in [0.25, 0.3) is 0 Å². The van der Waals surface area contributed by atoms with Crippen molar-refractivity contribution < 1.29 is 4.74 Å². The fraction of sp³-hybridized carbons (Fsp3) is 0.667. The first-order valence-corrected chi connectivity index (χ1v) is 8.13. The molecule has 1 N–H and O–H groups in total. The van der Waals surface area contributed by atoms with Gasteiger partial charge in [-0.15, -0.1) is 0 Å². The molecule has 1 atom stereocenters. The second-order valence-corrected chi connectivity index (χ2v) is 6.04. The lowest BCUT2D eigenvalue weighted by atomic mass is 9.83. The molecule has 0 amide bonds. The highest BCUT2D eigenvalue weighted by Gasteiger charge is 2.21. The monoisotopic (exact) mass is 275 g/mol. The lowest BCUT2D eigenvalue weighted by Gasteiger charge is -2.30. The first kappa shape index (κ1) is 15.5. The molecule has 1 unspecified atom stereocenters. The third-order valence-electron chi connectivity index (χ3n) is 4.56. The molecular formula is C18H29NO. The molecule has 1 fully saturated rings. The van der Waals surface area contributed by atoms with Crippen molar-refractivity contribution in [3.63, 3.8) is 0 Å². The van der Waals surface area contributed by atoms with E-state index in [4.69, 9.17) is 4.74 Å². The quantitative estimate of drug-likeness (QED) is 0.802. The molecule has 2 nitrogen and oxygen atoms in total. The van der Waals surface area contributed by atoms with Crippen LogP contribution in [0.3, 0.4) is 0 Å². The molecule has 0 saturated heterocycles. The second kappa shape index (κ2) is 8.43. The minimum absolute atomic E-state index is 0.689. The van der Waals surface area contributed by atoms with Gasteiger partial charge in [-0.25, -0.2) is 0 Å². The summed E-state index contributed by atoms with van der Waals surface area (Å²) in [6.07, 6.45) is 8.36. The van der Waals surface area contributed by atoms with E-state index in [9.17, 15) is 0 Å². The summed E-state index contributed by atoms with van der Waals surface area (Å²) >= 11 is 0. The molecule has 20 heavy (non-hydrogen) atoms. The summed E-state index contributed by atoms with van der Waals surface area (Å²) < 4.78 is 5.15. The summed E-state index contributed by atoms with van der Waals surface area (Å²) in [6, 6.07) is 9.46. The predicted molar refractivity (Wildman–Crippen MR) is 84.6 cm³/mol. The zero-order valence-electron chi connectivity index (χ0n) is 13.0. The molecule has 2 heteroatoms.